The molecule has 0 aliphatic heterocycles. The second kappa shape index (κ2) is 12.0. The molecule has 0 spiro atoms. The molecule has 5 heteroatoms. The third-order valence-corrected chi connectivity index (χ3v) is 5.23. The van der Waals surface area contributed by atoms with E-state index in [4.69, 9.17) is 11.1 Å². The van der Waals surface area contributed by atoms with Crippen molar-refractivity contribution in [2.75, 3.05) is 26.4 Å². The molecule has 0 heterocycles. The highest BCUT2D eigenvalue weighted by Crippen LogP contribution is 2.25. The number of benzene rings is 1. The molecule has 0 radical (unpaired) electrons. The Morgan fingerprint density at radius 2 is 2.00 bits per heavy atom. The molecule has 0 saturated heterocycles. The molecule has 158 valence electrons. The van der Waals surface area contributed by atoms with Gasteiger partial charge in [-0.15, -0.1) is 0 Å². The summed E-state index contributed by atoms with van der Waals surface area (Å²) in [4.78, 5) is 14.7. The fraction of sp³-hybridized carbons (Fsp3) is 0.417. The number of nitrogens with one attached hydrogen (secondary N) is 2. The molecule has 2 atom stereocenters. The van der Waals surface area contributed by atoms with Gasteiger partial charge in [-0.05, 0) is 55.6 Å². The van der Waals surface area contributed by atoms with Gasteiger partial charge in [0.15, 0.2) is 0 Å². The lowest BCUT2D eigenvalue weighted by Gasteiger charge is -2.26. The Morgan fingerprint density at radius 1 is 1.31 bits per heavy atom. The van der Waals surface area contributed by atoms with E-state index in [1.165, 1.54) is 6.21 Å². The van der Waals surface area contributed by atoms with Crippen LogP contribution in [0.5, 0.6) is 0 Å². The summed E-state index contributed by atoms with van der Waals surface area (Å²) in [5.41, 5.74) is 9.33. The van der Waals surface area contributed by atoms with Gasteiger partial charge >= 0.3 is 0 Å². The van der Waals surface area contributed by atoms with Crippen molar-refractivity contribution in [2.24, 2.45) is 11.8 Å². The molecule has 4 N–H and O–H groups in total. The van der Waals surface area contributed by atoms with Crippen LogP contribution in [0, 0.1) is 17.2 Å². The minimum absolute atomic E-state index is 0.0323. The van der Waals surface area contributed by atoms with Gasteiger partial charge in [-0.1, -0.05) is 51.3 Å². The number of carbonyl (C=O) groups excluding carboxylic acids is 1. The number of hydrogen-bond donors (Lipinski definition) is 3. The zero-order valence-corrected chi connectivity index (χ0v) is 18.2. The third kappa shape index (κ3) is 7.70. The van der Waals surface area contributed by atoms with Crippen molar-refractivity contribution in [2.45, 2.75) is 32.7 Å². The number of hydrogen-bond acceptors (Lipinski definition) is 4. The highest BCUT2D eigenvalue weighted by Gasteiger charge is 2.21. The fourth-order valence-corrected chi connectivity index (χ4v) is 3.31. The van der Waals surface area contributed by atoms with Crippen molar-refractivity contribution in [3.63, 3.8) is 0 Å². The van der Waals surface area contributed by atoms with E-state index in [-0.39, 0.29) is 17.9 Å². The van der Waals surface area contributed by atoms with E-state index < -0.39 is 0 Å². The molecule has 0 unspecified atom stereocenters. The number of carbonyl (C=O) groups is 1. The lowest BCUT2D eigenvalue weighted by atomic mass is 9.85. The van der Waals surface area contributed by atoms with Gasteiger partial charge in [-0.25, -0.2) is 0 Å². The van der Waals surface area contributed by atoms with Crippen LogP contribution >= 0.6 is 0 Å². The van der Waals surface area contributed by atoms with Crippen molar-refractivity contribution in [3.05, 3.63) is 66.3 Å². The Kier molecular flexibility index (Phi) is 10.1. The summed E-state index contributed by atoms with van der Waals surface area (Å²) in [5, 5.41) is 10.6. The molecule has 1 aromatic rings. The van der Waals surface area contributed by atoms with Crippen LogP contribution in [0.3, 0.4) is 0 Å². The minimum atomic E-state index is 0.0323. The molecule has 0 aliphatic carbocycles. The lowest BCUT2D eigenvalue weighted by molar-refractivity contribution is -0.122. The van der Waals surface area contributed by atoms with E-state index in [0.29, 0.717) is 24.6 Å². The average molecular weight is 397 g/mol. The highest BCUT2D eigenvalue weighted by atomic mass is 16.1. The van der Waals surface area contributed by atoms with Crippen LogP contribution in [-0.4, -0.2) is 43.7 Å². The number of nitrogens with two attached hydrogens (primary N) is 1. The van der Waals surface area contributed by atoms with Gasteiger partial charge < -0.3 is 21.4 Å². The van der Waals surface area contributed by atoms with E-state index in [2.05, 4.69) is 37.2 Å². The zero-order chi connectivity index (χ0) is 22.0. The number of anilines is 1. The topological polar surface area (TPSA) is 82.2 Å². The maximum Gasteiger partial charge on any atom is 0.220 e. The summed E-state index contributed by atoms with van der Waals surface area (Å²) >= 11 is 0. The van der Waals surface area contributed by atoms with Gasteiger partial charge in [0, 0.05) is 36.5 Å². The summed E-state index contributed by atoms with van der Waals surface area (Å²) in [5.74, 6) is 0.462. The molecule has 0 aromatic heterocycles. The standard InChI is InChI=1S/C24H36N4O/c1-7-9-19(8-2)22(17(3)4)14-24(29)27-16-21(28(5)6)13-18-10-11-23(26)20(12-18)15-25/h7-12,15,17,21-22,25H,1-2,13-14,16,26H2,3-6H3,(H,27,29)/b19-9+,25-15?/t21-,22+/m0/s1. The third-order valence-electron chi connectivity index (χ3n) is 5.23. The number of amides is 1. The van der Waals surface area contributed by atoms with Crippen LogP contribution in [0.4, 0.5) is 5.69 Å². The molecule has 5 nitrogen and oxygen atoms in total. The number of rotatable bonds is 12. The maximum absolute atomic E-state index is 12.6. The molecule has 1 rings (SSSR count). The summed E-state index contributed by atoms with van der Waals surface area (Å²) in [6.45, 7) is 12.4. The molecule has 0 fully saturated rings. The maximum atomic E-state index is 12.6. The number of nitrogen functional groups attached to an aromatic ring is 1. The van der Waals surface area contributed by atoms with E-state index in [0.717, 1.165) is 23.1 Å². The predicted molar refractivity (Wildman–Crippen MR) is 124 cm³/mol. The number of nitrogens with zero attached hydrogens (tertiary/aromatic N) is 1. The van der Waals surface area contributed by atoms with Crippen molar-refractivity contribution < 1.29 is 4.79 Å². The van der Waals surface area contributed by atoms with Crippen molar-refractivity contribution >= 4 is 17.8 Å². The molecular formula is C24H36N4O. The van der Waals surface area contributed by atoms with E-state index in [1.54, 1.807) is 6.08 Å². The van der Waals surface area contributed by atoms with Crippen LogP contribution in [-0.2, 0) is 11.2 Å². The largest absolute Gasteiger partial charge is 0.398 e. The molecule has 0 aliphatic rings. The Morgan fingerprint density at radius 3 is 2.52 bits per heavy atom. The van der Waals surface area contributed by atoms with Crippen LogP contribution in [0.2, 0.25) is 0 Å². The lowest BCUT2D eigenvalue weighted by Crippen LogP contribution is -2.42. The number of likely N-dealkylation sites (N-methyl/N-ethyl adjacent to an activating group) is 1. The normalized spacial score (nSPS) is 13.8. The highest BCUT2D eigenvalue weighted by molar-refractivity contribution is 5.85. The first-order chi connectivity index (χ1) is 13.7. The Labute approximate surface area is 175 Å². The van der Waals surface area contributed by atoms with Crippen LogP contribution in [0.15, 0.2) is 55.2 Å². The first-order valence-corrected chi connectivity index (χ1v) is 10.0. The van der Waals surface area contributed by atoms with Crippen molar-refractivity contribution in [1.29, 1.82) is 5.41 Å². The van der Waals surface area contributed by atoms with Gasteiger partial charge in [0.05, 0.1) is 0 Å². The van der Waals surface area contributed by atoms with Gasteiger partial charge in [0.2, 0.25) is 5.91 Å². The molecule has 1 amide bonds. The molecule has 29 heavy (non-hydrogen) atoms. The van der Waals surface area contributed by atoms with E-state index in [1.807, 2.05) is 44.4 Å². The Hall–Kier alpha value is -2.66. The predicted octanol–water partition coefficient (Wildman–Crippen LogP) is 3.82. The quantitative estimate of drug-likeness (QED) is 0.285. The summed E-state index contributed by atoms with van der Waals surface area (Å²) in [6.07, 6.45) is 7.92. The SMILES string of the molecule is C=C/C=C(\C=C)[C@H](CC(=O)NC[C@H](Cc1ccc(N)c(C=N)c1)N(C)C)C(C)C. The van der Waals surface area contributed by atoms with Gasteiger partial charge in [-0.3, -0.25) is 4.79 Å². The zero-order valence-electron chi connectivity index (χ0n) is 18.2. The summed E-state index contributed by atoms with van der Waals surface area (Å²) in [7, 11) is 4.01. The first kappa shape index (κ1) is 24.4. The van der Waals surface area contributed by atoms with Crippen LogP contribution in [0.25, 0.3) is 0 Å². The van der Waals surface area contributed by atoms with Gasteiger partial charge in [-0.2, -0.15) is 0 Å². The van der Waals surface area contributed by atoms with Gasteiger partial charge in [0.25, 0.3) is 0 Å². The summed E-state index contributed by atoms with van der Waals surface area (Å²) < 4.78 is 0. The fourth-order valence-electron chi connectivity index (χ4n) is 3.31. The van der Waals surface area contributed by atoms with Crippen molar-refractivity contribution in [3.8, 4) is 0 Å². The Bertz CT molecular complexity index is 749. The summed E-state index contributed by atoms with van der Waals surface area (Å²) in [6, 6.07) is 5.88. The Balaban J connectivity index is 2.79. The smallest absolute Gasteiger partial charge is 0.220 e. The second-order valence-corrected chi connectivity index (χ2v) is 7.89. The van der Waals surface area contributed by atoms with Crippen molar-refractivity contribution in [1.82, 2.24) is 10.2 Å². The molecule has 1 aromatic carbocycles. The first-order valence-electron chi connectivity index (χ1n) is 10.0. The monoisotopic (exact) mass is 396 g/mol. The van der Waals surface area contributed by atoms with E-state index >= 15 is 0 Å². The molecular weight excluding hydrogens is 360 g/mol. The van der Waals surface area contributed by atoms with E-state index in [9.17, 15) is 4.79 Å². The second-order valence-electron chi connectivity index (χ2n) is 7.89. The number of allylic oxidation sites excluding steroid dienone is 4. The minimum Gasteiger partial charge on any atom is -0.398 e. The molecule has 0 saturated carbocycles. The van der Waals surface area contributed by atoms with Crippen LogP contribution in [0.1, 0.15) is 31.4 Å². The van der Waals surface area contributed by atoms with Crippen LogP contribution < -0.4 is 11.1 Å². The van der Waals surface area contributed by atoms with Gasteiger partial charge in [0.1, 0.15) is 0 Å². The molecule has 0 bridgehead atoms. The average Bonchev–Trinajstić information content (AvgIpc) is 2.68.